The molecule has 1 unspecified atom stereocenters. The molecule has 0 aliphatic carbocycles. The molecule has 2 aromatic heterocycles. The van der Waals surface area contributed by atoms with Crippen LogP contribution in [-0.2, 0) is 24.0 Å². The van der Waals surface area contributed by atoms with Crippen molar-refractivity contribution in [1.29, 1.82) is 0 Å². The number of oxime groups is 1. The van der Waals surface area contributed by atoms with Gasteiger partial charge in [0, 0.05) is 28.0 Å². The van der Waals surface area contributed by atoms with E-state index >= 15 is 0 Å². The van der Waals surface area contributed by atoms with E-state index in [1.807, 2.05) is 0 Å². The predicted octanol–water partition coefficient (Wildman–Crippen LogP) is 2.73. The zero-order valence-electron chi connectivity index (χ0n) is 24.6. The molecule has 4 aromatic rings. The molecule has 0 radical (unpaired) electrons. The molecule has 49 heavy (non-hydrogen) atoms. The van der Waals surface area contributed by atoms with E-state index < -0.39 is 47.0 Å². The largest absolute Gasteiger partial charge is 0.504 e. The van der Waals surface area contributed by atoms with E-state index in [0.29, 0.717) is 20.5 Å². The zero-order chi connectivity index (χ0) is 34.8. The molecule has 20 heteroatoms. The molecular formula is C29H23N7O9S4. The summed E-state index contributed by atoms with van der Waals surface area (Å²) in [5, 5.41) is 55.0. The van der Waals surface area contributed by atoms with E-state index in [-0.39, 0.29) is 45.1 Å². The first-order valence-corrected chi connectivity index (χ1v) is 17.7. The molecule has 3 atom stereocenters. The minimum absolute atomic E-state index is 0.00963. The van der Waals surface area contributed by atoms with Gasteiger partial charge in [0.15, 0.2) is 26.7 Å². The number of benzene rings is 2. The molecule has 2 aliphatic rings. The third-order valence-electron chi connectivity index (χ3n) is 7.09. The summed E-state index contributed by atoms with van der Waals surface area (Å²) in [6, 6.07) is 11.1. The maximum Gasteiger partial charge on any atom is 0.352 e. The molecule has 0 bridgehead atoms. The van der Waals surface area contributed by atoms with Gasteiger partial charge in [0.05, 0.1) is 0 Å². The molecule has 6 rings (SSSR count). The van der Waals surface area contributed by atoms with E-state index in [9.17, 15) is 39.6 Å². The Balaban J connectivity index is 1.16. The van der Waals surface area contributed by atoms with E-state index in [0.717, 1.165) is 16.2 Å². The molecule has 16 nitrogen and oxygen atoms in total. The van der Waals surface area contributed by atoms with Crippen LogP contribution in [-0.4, -0.2) is 92.9 Å². The number of nitrogens with zero attached hydrogens (tertiary/aromatic N) is 5. The Hall–Kier alpha value is -5.18. The highest BCUT2D eigenvalue weighted by atomic mass is 32.2. The molecule has 0 spiro atoms. The van der Waals surface area contributed by atoms with Gasteiger partial charge in [0.1, 0.15) is 27.8 Å². The second-order valence-corrected chi connectivity index (χ2v) is 14.4. The van der Waals surface area contributed by atoms with Gasteiger partial charge in [-0.1, -0.05) is 58.6 Å². The number of rotatable bonds is 12. The molecule has 252 valence electrons. The van der Waals surface area contributed by atoms with E-state index in [4.69, 9.17) is 10.6 Å². The lowest BCUT2D eigenvalue weighted by Crippen LogP contribution is -2.71. The Morgan fingerprint density at radius 2 is 1.90 bits per heavy atom. The number of hydrogen-bond acceptors (Lipinski definition) is 16. The number of carbonyl (C=O) groups excluding carboxylic acids is 2. The van der Waals surface area contributed by atoms with Crippen LogP contribution in [0, 0.1) is 0 Å². The van der Waals surface area contributed by atoms with Gasteiger partial charge in [0.2, 0.25) is 6.10 Å². The van der Waals surface area contributed by atoms with E-state index in [1.165, 1.54) is 64.5 Å². The summed E-state index contributed by atoms with van der Waals surface area (Å²) in [6.07, 6.45) is -1.55. The first kappa shape index (κ1) is 33.7. The molecule has 2 aliphatic heterocycles. The minimum atomic E-state index is -1.55. The van der Waals surface area contributed by atoms with Crippen molar-refractivity contribution >= 4 is 80.8 Å². The molecule has 1 fully saturated rings. The number of β-lactam (4-membered cyclic amide) rings is 1. The van der Waals surface area contributed by atoms with Crippen LogP contribution in [0.15, 0.2) is 74.7 Å². The lowest BCUT2D eigenvalue weighted by atomic mass is 10.0. The van der Waals surface area contributed by atoms with Crippen molar-refractivity contribution in [1.82, 2.24) is 25.4 Å². The maximum atomic E-state index is 13.5. The number of carbonyl (C=O) groups is 4. The number of hydrogen-bond donors (Lipinski definition) is 6. The monoisotopic (exact) mass is 741 g/mol. The van der Waals surface area contributed by atoms with Crippen LogP contribution in [0.25, 0.3) is 10.6 Å². The highest BCUT2D eigenvalue weighted by Crippen LogP contribution is 2.42. The number of aromatic nitrogens is 3. The van der Waals surface area contributed by atoms with Crippen LogP contribution in [0.3, 0.4) is 0 Å². The Morgan fingerprint density at radius 1 is 1.12 bits per heavy atom. The van der Waals surface area contributed by atoms with Crippen LogP contribution in [0.4, 0.5) is 5.13 Å². The summed E-state index contributed by atoms with van der Waals surface area (Å²) in [4.78, 5) is 61.6. The minimum Gasteiger partial charge on any atom is -0.504 e. The van der Waals surface area contributed by atoms with Crippen molar-refractivity contribution in [3.63, 3.8) is 0 Å². The van der Waals surface area contributed by atoms with Gasteiger partial charge in [-0.25, -0.2) is 14.6 Å². The first-order chi connectivity index (χ1) is 23.5. The molecule has 0 saturated carbocycles. The number of carboxylic acid groups (broad SMARTS) is 2. The first-order valence-electron chi connectivity index (χ1n) is 13.9. The highest BCUT2D eigenvalue weighted by molar-refractivity contribution is 8.01. The van der Waals surface area contributed by atoms with Crippen LogP contribution in [0.5, 0.6) is 11.5 Å². The molecule has 1 saturated heterocycles. The van der Waals surface area contributed by atoms with Gasteiger partial charge >= 0.3 is 11.9 Å². The Bertz CT molecular complexity index is 2020. The third-order valence-corrected chi connectivity index (χ3v) is 11.3. The van der Waals surface area contributed by atoms with Crippen LogP contribution < -0.4 is 11.1 Å². The highest BCUT2D eigenvalue weighted by Gasteiger charge is 2.54. The quantitative estimate of drug-likeness (QED) is 0.0402. The standard InChI is InChI=1S/C29H23N7O9S4/c30-28-31-15(11-47-28)18(35-45-21(27(43)44)12-4-2-1-3-5-12)22(39)32-19-24(40)36-20(26(41)42)14(9-46-25(19)36)10-48-29-34-33-23(49-29)13-6-7-16(37)17(38)8-13/h1-8,11,19,21,25,37-38H,9-10H2,(H2,30,31)(H,32,39)(H,41,42)(H,43,44)/t19-,21?,25+/m1/s1. The number of nitrogens with one attached hydrogen (secondary N) is 1. The van der Waals surface area contributed by atoms with Crippen LogP contribution in [0.1, 0.15) is 17.4 Å². The fourth-order valence-electron chi connectivity index (χ4n) is 4.78. The number of anilines is 1. The number of carboxylic acids is 2. The van der Waals surface area contributed by atoms with Gasteiger partial charge < -0.3 is 36.3 Å². The van der Waals surface area contributed by atoms with Gasteiger partial charge in [-0.15, -0.1) is 33.3 Å². The number of phenols is 2. The number of nitrogen functional groups attached to an aromatic ring is 1. The number of nitrogens with two attached hydrogens (primary N) is 1. The molecule has 2 aromatic carbocycles. The van der Waals surface area contributed by atoms with E-state index in [1.54, 1.807) is 24.3 Å². The van der Waals surface area contributed by atoms with Crippen LogP contribution in [0.2, 0.25) is 0 Å². The lowest BCUT2D eigenvalue weighted by Gasteiger charge is -2.49. The fourth-order valence-corrected chi connectivity index (χ4v) is 8.66. The second kappa shape index (κ2) is 14.1. The summed E-state index contributed by atoms with van der Waals surface area (Å²) in [6.45, 7) is 0. The molecule has 2 amide bonds. The average molecular weight is 742 g/mol. The summed E-state index contributed by atoms with van der Waals surface area (Å²) < 4.78 is 0.515. The number of aliphatic carboxylic acids is 2. The number of phenolic OH excluding ortho intramolecular Hbond substituents is 2. The maximum absolute atomic E-state index is 13.5. The Kier molecular flexibility index (Phi) is 9.72. The zero-order valence-corrected chi connectivity index (χ0v) is 27.9. The average Bonchev–Trinajstić information content (AvgIpc) is 3.74. The summed E-state index contributed by atoms with van der Waals surface area (Å²) in [5.41, 5.74) is 6.39. The molecule has 7 N–H and O–H groups in total. The van der Waals surface area contributed by atoms with E-state index in [2.05, 4.69) is 25.7 Å². The number of thioether (sulfide) groups is 2. The Morgan fingerprint density at radius 3 is 2.57 bits per heavy atom. The van der Waals surface area contributed by atoms with Crippen LogP contribution >= 0.6 is 46.2 Å². The van der Waals surface area contributed by atoms with Gasteiger partial charge in [-0.05, 0) is 23.8 Å². The smallest absolute Gasteiger partial charge is 0.352 e. The molecule has 4 heterocycles. The SMILES string of the molecule is Nc1nc(C(=NOC(C(=O)O)c2ccccc2)C(=O)N[C@@H]2C(=O)N3C(C(=O)O)=C(CSc4nnc(-c5ccc(O)c(O)c5)s4)CS[C@@H]23)cs1. The van der Waals surface area contributed by atoms with Crippen molar-refractivity contribution in [2.45, 2.75) is 21.9 Å². The van der Waals surface area contributed by atoms with Crippen molar-refractivity contribution < 1.29 is 44.4 Å². The molecular weight excluding hydrogens is 719 g/mol. The second-order valence-electron chi connectivity index (χ2n) is 10.2. The normalized spacial score (nSPS) is 18.0. The number of amides is 2. The number of thiazole rings is 1. The lowest BCUT2D eigenvalue weighted by molar-refractivity contribution is -0.151. The Labute approximate surface area is 292 Å². The number of aromatic hydroxyl groups is 2. The predicted molar refractivity (Wildman–Crippen MR) is 180 cm³/mol. The van der Waals surface area contributed by atoms with Gasteiger partial charge in [0.25, 0.3) is 11.8 Å². The van der Waals surface area contributed by atoms with Gasteiger partial charge in [-0.2, -0.15) is 0 Å². The fraction of sp³-hybridized carbons (Fsp3) is 0.172. The summed E-state index contributed by atoms with van der Waals surface area (Å²) >= 11 is 4.70. The topological polar surface area (TPSA) is 251 Å². The van der Waals surface area contributed by atoms with Gasteiger partial charge in [-0.3, -0.25) is 14.5 Å². The van der Waals surface area contributed by atoms with Crippen molar-refractivity contribution in [3.8, 4) is 22.1 Å². The summed E-state index contributed by atoms with van der Waals surface area (Å²) in [7, 11) is 0. The summed E-state index contributed by atoms with van der Waals surface area (Å²) in [5.74, 6) is -4.40. The number of fused-ring (bicyclic) bond motifs is 1. The third kappa shape index (κ3) is 7.02. The van der Waals surface area contributed by atoms with Crippen molar-refractivity contribution in [2.75, 3.05) is 17.2 Å². The van der Waals surface area contributed by atoms with Crippen molar-refractivity contribution in [3.05, 3.63) is 76.4 Å². The van der Waals surface area contributed by atoms with Crippen molar-refractivity contribution in [2.24, 2.45) is 5.16 Å².